The van der Waals surface area contributed by atoms with E-state index in [0.717, 1.165) is 38.5 Å². The summed E-state index contributed by atoms with van der Waals surface area (Å²) >= 11 is 0. The highest BCUT2D eigenvalue weighted by molar-refractivity contribution is 4.89. The van der Waals surface area contributed by atoms with E-state index in [4.69, 9.17) is 0 Å². The van der Waals surface area contributed by atoms with Crippen LogP contribution in [0.2, 0.25) is 0 Å². The number of hydrogen-bond acceptors (Lipinski definition) is 2. The van der Waals surface area contributed by atoms with Crippen LogP contribution in [0.5, 0.6) is 0 Å². The lowest BCUT2D eigenvalue weighted by Gasteiger charge is -2.36. The van der Waals surface area contributed by atoms with E-state index in [1.54, 1.807) is 0 Å². The van der Waals surface area contributed by atoms with Gasteiger partial charge in [-0.1, -0.05) is 26.2 Å². The van der Waals surface area contributed by atoms with E-state index in [-0.39, 0.29) is 0 Å². The maximum atomic E-state index is 9.89. The van der Waals surface area contributed by atoms with Crippen LogP contribution >= 0.6 is 0 Å². The molecule has 0 aromatic heterocycles. The Hall–Kier alpha value is -0.0800. The molecule has 2 nitrogen and oxygen atoms in total. The maximum Gasteiger partial charge on any atom is 0.0905 e. The molecule has 0 radical (unpaired) electrons. The minimum atomic E-state index is -0.757. The van der Waals surface area contributed by atoms with Gasteiger partial charge in [0, 0.05) is 0 Å². The molecule has 2 N–H and O–H groups in total. The minimum Gasteiger partial charge on any atom is -0.390 e. The monoisotopic (exact) mass is 158 g/mol. The van der Waals surface area contributed by atoms with Gasteiger partial charge in [0.15, 0.2) is 0 Å². The molecule has 1 saturated carbocycles. The van der Waals surface area contributed by atoms with Crippen LogP contribution in [0, 0.1) is 0 Å². The smallest absolute Gasteiger partial charge is 0.0905 e. The summed E-state index contributed by atoms with van der Waals surface area (Å²) in [5.74, 6) is 0. The standard InChI is InChI=1S/C9H18O2/c1-2-6-9(11)7-4-3-5-8(9)10/h8,10-11H,2-7H2,1H3. The summed E-state index contributed by atoms with van der Waals surface area (Å²) < 4.78 is 0. The van der Waals surface area contributed by atoms with Gasteiger partial charge >= 0.3 is 0 Å². The Balaban J connectivity index is 2.49. The Kier molecular flexibility index (Phi) is 2.90. The van der Waals surface area contributed by atoms with Crippen LogP contribution in [-0.2, 0) is 0 Å². The molecule has 0 aromatic carbocycles. The average molecular weight is 158 g/mol. The van der Waals surface area contributed by atoms with Crippen molar-refractivity contribution in [3.05, 3.63) is 0 Å². The zero-order valence-corrected chi connectivity index (χ0v) is 7.21. The fraction of sp³-hybridized carbons (Fsp3) is 1.00. The molecule has 2 unspecified atom stereocenters. The first-order valence-electron chi connectivity index (χ1n) is 4.59. The maximum absolute atomic E-state index is 9.89. The van der Waals surface area contributed by atoms with Gasteiger partial charge in [-0.3, -0.25) is 0 Å². The van der Waals surface area contributed by atoms with Crippen molar-refractivity contribution < 1.29 is 10.2 Å². The van der Waals surface area contributed by atoms with E-state index in [9.17, 15) is 10.2 Å². The van der Waals surface area contributed by atoms with E-state index in [1.165, 1.54) is 0 Å². The summed E-state index contributed by atoms with van der Waals surface area (Å²) in [6.07, 6.45) is 4.90. The molecule has 2 atom stereocenters. The molecule has 0 bridgehead atoms. The van der Waals surface area contributed by atoms with Crippen molar-refractivity contribution in [1.82, 2.24) is 0 Å². The van der Waals surface area contributed by atoms with Gasteiger partial charge in [-0.05, 0) is 19.3 Å². The average Bonchev–Trinajstić information content (AvgIpc) is 1.96. The third kappa shape index (κ3) is 1.94. The molecule has 1 aliphatic rings. The van der Waals surface area contributed by atoms with Crippen molar-refractivity contribution in [2.45, 2.75) is 57.2 Å². The third-order valence-electron chi connectivity index (χ3n) is 2.64. The molecule has 0 spiro atoms. The Morgan fingerprint density at radius 1 is 1.45 bits per heavy atom. The summed E-state index contributed by atoms with van der Waals surface area (Å²) in [5, 5.41) is 19.4. The third-order valence-corrected chi connectivity index (χ3v) is 2.64. The Labute approximate surface area is 68.2 Å². The molecule has 2 heteroatoms. The zero-order chi connectivity index (χ0) is 8.32. The van der Waals surface area contributed by atoms with Crippen LogP contribution in [0.1, 0.15) is 45.4 Å². The molecule has 0 saturated heterocycles. The van der Waals surface area contributed by atoms with Crippen molar-refractivity contribution >= 4 is 0 Å². The summed E-state index contributed by atoms with van der Waals surface area (Å²) in [4.78, 5) is 0. The summed E-state index contributed by atoms with van der Waals surface area (Å²) in [6, 6.07) is 0. The van der Waals surface area contributed by atoms with Crippen LogP contribution in [0.15, 0.2) is 0 Å². The van der Waals surface area contributed by atoms with Gasteiger partial charge in [0.05, 0.1) is 11.7 Å². The summed E-state index contributed by atoms with van der Waals surface area (Å²) in [6.45, 7) is 2.04. The van der Waals surface area contributed by atoms with Crippen molar-refractivity contribution in [3.8, 4) is 0 Å². The van der Waals surface area contributed by atoms with Crippen molar-refractivity contribution in [2.75, 3.05) is 0 Å². The van der Waals surface area contributed by atoms with Crippen LogP contribution in [0.25, 0.3) is 0 Å². The second-order valence-electron chi connectivity index (χ2n) is 3.62. The fourth-order valence-electron chi connectivity index (χ4n) is 1.93. The molecular formula is C9H18O2. The first-order chi connectivity index (χ1) is 5.19. The van der Waals surface area contributed by atoms with Gasteiger partial charge in [-0.25, -0.2) is 0 Å². The van der Waals surface area contributed by atoms with Gasteiger partial charge in [0.1, 0.15) is 0 Å². The minimum absolute atomic E-state index is 0.476. The number of rotatable bonds is 2. The normalized spacial score (nSPS) is 39.0. The first-order valence-corrected chi connectivity index (χ1v) is 4.59. The molecule has 1 fully saturated rings. The largest absolute Gasteiger partial charge is 0.390 e. The molecule has 0 amide bonds. The van der Waals surface area contributed by atoms with Gasteiger partial charge < -0.3 is 10.2 Å². The highest BCUT2D eigenvalue weighted by Gasteiger charge is 2.36. The molecular weight excluding hydrogens is 140 g/mol. The molecule has 1 rings (SSSR count). The fourth-order valence-corrected chi connectivity index (χ4v) is 1.93. The predicted octanol–water partition coefficient (Wildman–Crippen LogP) is 1.45. The zero-order valence-electron chi connectivity index (χ0n) is 7.21. The number of aliphatic hydroxyl groups excluding tert-OH is 1. The predicted molar refractivity (Wildman–Crippen MR) is 44.3 cm³/mol. The van der Waals surface area contributed by atoms with Gasteiger partial charge in [-0.15, -0.1) is 0 Å². The molecule has 0 aromatic rings. The van der Waals surface area contributed by atoms with Crippen LogP contribution in [0.4, 0.5) is 0 Å². The summed E-state index contributed by atoms with van der Waals surface area (Å²) in [7, 11) is 0. The quantitative estimate of drug-likeness (QED) is 0.638. The van der Waals surface area contributed by atoms with Crippen molar-refractivity contribution in [2.24, 2.45) is 0 Å². The topological polar surface area (TPSA) is 40.5 Å². The van der Waals surface area contributed by atoms with E-state index in [0.29, 0.717) is 0 Å². The van der Waals surface area contributed by atoms with Gasteiger partial charge in [-0.2, -0.15) is 0 Å². The van der Waals surface area contributed by atoms with E-state index in [1.807, 2.05) is 6.92 Å². The first kappa shape index (κ1) is 9.01. The number of hydrogen-bond donors (Lipinski definition) is 2. The second-order valence-corrected chi connectivity index (χ2v) is 3.62. The molecule has 66 valence electrons. The Morgan fingerprint density at radius 2 is 2.18 bits per heavy atom. The molecule has 1 aliphatic carbocycles. The van der Waals surface area contributed by atoms with Crippen LogP contribution in [0.3, 0.4) is 0 Å². The lowest BCUT2D eigenvalue weighted by molar-refractivity contribution is -0.105. The number of aliphatic hydroxyl groups is 2. The van der Waals surface area contributed by atoms with Crippen LogP contribution < -0.4 is 0 Å². The Bertz CT molecular complexity index is 121. The SMILES string of the molecule is CCCC1(O)CCCCC1O. The van der Waals surface area contributed by atoms with Crippen molar-refractivity contribution in [1.29, 1.82) is 0 Å². The lowest BCUT2D eigenvalue weighted by Crippen LogP contribution is -2.44. The van der Waals surface area contributed by atoms with Crippen LogP contribution in [-0.4, -0.2) is 21.9 Å². The van der Waals surface area contributed by atoms with E-state index in [2.05, 4.69) is 0 Å². The Morgan fingerprint density at radius 3 is 2.73 bits per heavy atom. The highest BCUT2D eigenvalue weighted by Crippen LogP contribution is 2.31. The molecule has 0 heterocycles. The van der Waals surface area contributed by atoms with Gasteiger partial charge in [0.2, 0.25) is 0 Å². The highest BCUT2D eigenvalue weighted by atomic mass is 16.3. The van der Waals surface area contributed by atoms with Crippen molar-refractivity contribution in [3.63, 3.8) is 0 Å². The van der Waals surface area contributed by atoms with E-state index < -0.39 is 11.7 Å². The summed E-state index contributed by atoms with van der Waals surface area (Å²) in [5.41, 5.74) is -0.757. The lowest BCUT2D eigenvalue weighted by atomic mass is 9.79. The molecule has 0 aliphatic heterocycles. The van der Waals surface area contributed by atoms with Gasteiger partial charge in [0.25, 0.3) is 0 Å². The second kappa shape index (κ2) is 3.55. The molecule has 11 heavy (non-hydrogen) atoms. The van der Waals surface area contributed by atoms with E-state index >= 15 is 0 Å².